The second-order valence-corrected chi connectivity index (χ2v) is 7.77. The number of nitrogens with one attached hydrogen (secondary N) is 1. The Balaban J connectivity index is 1.65. The highest BCUT2D eigenvalue weighted by Crippen LogP contribution is 2.44. The zero-order chi connectivity index (χ0) is 23.8. The number of aliphatic hydroxyl groups excluding tert-OH is 1. The van der Waals surface area contributed by atoms with Crippen LogP contribution < -0.4 is 20.5 Å². The van der Waals surface area contributed by atoms with Crippen molar-refractivity contribution in [3.05, 3.63) is 30.1 Å². The Hall–Kier alpha value is -3.22. The maximum absolute atomic E-state index is 16.2. The van der Waals surface area contributed by atoms with Crippen LogP contribution in [0.15, 0.2) is 24.5 Å². The molecule has 0 radical (unpaired) electrons. The van der Waals surface area contributed by atoms with Gasteiger partial charge in [0.2, 0.25) is 5.95 Å². The van der Waals surface area contributed by atoms with Gasteiger partial charge in [-0.15, -0.1) is 0 Å². The average Bonchev–Trinajstić information content (AvgIpc) is 3.33. The second kappa shape index (κ2) is 8.96. The molecule has 1 aromatic carbocycles. The summed E-state index contributed by atoms with van der Waals surface area (Å²) in [4.78, 5) is 12.6. The number of halogens is 1. The summed E-state index contributed by atoms with van der Waals surface area (Å²) in [6.07, 6.45) is -1.79. The molecule has 0 spiro atoms. The van der Waals surface area contributed by atoms with Gasteiger partial charge >= 0.3 is 0 Å². The Kier molecular flexibility index (Phi) is 6.23. The molecule has 1 fully saturated rings. The van der Waals surface area contributed by atoms with Crippen molar-refractivity contribution in [2.45, 2.75) is 37.6 Å². The molecule has 0 amide bonds. The molecule has 178 valence electrons. The van der Waals surface area contributed by atoms with Crippen LogP contribution in [0.25, 0.3) is 11.2 Å². The molecule has 4 rings (SSSR count). The SMILES string of the molecule is CNc1nc(N)nc2c1ncn2[C@@H]1O[C@H](CO)[C@@H](OCc2cc(OC)ccc2OC)[C@@]1(C)F. The van der Waals surface area contributed by atoms with Crippen LogP contribution in [0.2, 0.25) is 0 Å². The Bertz CT molecular complexity index is 1140. The van der Waals surface area contributed by atoms with Crippen LogP contribution in [0.4, 0.5) is 16.2 Å². The fourth-order valence-electron chi connectivity index (χ4n) is 4.07. The van der Waals surface area contributed by atoms with Crippen molar-refractivity contribution in [2.24, 2.45) is 0 Å². The fourth-order valence-corrected chi connectivity index (χ4v) is 4.07. The number of anilines is 2. The molecule has 33 heavy (non-hydrogen) atoms. The lowest BCUT2D eigenvalue weighted by atomic mass is 9.98. The maximum Gasteiger partial charge on any atom is 0.224 e. The van der Waals surface area contributed by atoms with Gasteiger partial charge in [0, 0.05) is 12.6 Å². The van der Waals surface area contributed by atoms with Crippen molar-refractivity contribution in [3.63, 3.8) is 0 Å². The molecule has 11 nitrogen and oxygen atoms in total. The number of alkyl halides is 1. The van der Waals surface area contributed by atoms with E-state index in [-0.39, 0.29) is 12.6 Å². The third kappa shape index (κ3) is 4.01. The van der Waals surface area contributed by atoms with Crippen LogP contribution in [-0.2, 0) is 16.1 Å². The first-order chi connectivity index (χ1) is 15.8. The van der Waals surface area contributed by atoms with Crippen molar-refractivity contribution in [1.29, 1.82) is 0 Å². The van der Waals surface area contributed by atoms with Crippen molar-refractivity contribution in [1.82, 2.24) is 19.5 Å². The minimum atomic E-state index is -2.05. The Morgan fingerprint density at radius 3 is 2.76 bits per heavy atom. The standard InChI is InChI=1S/C21H27FN6O5/c1-21(22)16(32-9-11-7-12(30-3)5-6-13(11)31-4)14(8-29)33-19(21)28-10-25-15-17(24-2)26-20(23)27-18(15)28/h5-7,10,14,16,19,29H,8-9H2,1-4H3,(H3,23,24,26,27)/t14-,16-,19-,21-/m1/s1. The normalized spacial score (nSPS) is 24.8. The lowest BCUT2D eigenvalue weighted by molar-refractivity contribution is -0.0679. The van der Waals surface area contributed by atoms with Crippen LogP contribution in [-0.4, -0.2) is 70.4 Å². The number of hydrogen-bond acceptors (Lipinski definition) is 10. The van der Waals surface area contributed by atoms with Crippen molar-refractivity contribution < 1.29 is 28.4 Å². The molecule has 0 saturated carbocycles. The smallest absolute Gasteiger partial charge is 0.224 e. The van der Waals surface area contributed by atoms with E-state index in [2.05, 4.69) is 20.3 Å². The van der Waals surface area contributed by atoms with Gasteiger partial charge in [-0.25, -0.2) is 9.37 Å². The lowest BCUT2D eigenvalue weighted by Crippen LogP contribution is -2.42. The predicted octanol–water partition coefficient (Wildman–Crippen LogP) is 1.67. The van der Waals surface area contributed by atoms with Crippen molar-refractivity contribution >= 4 is 22.9 Å². The highest BCUT2D eigenvalue weighted by molar-refractivity contribution is 5.84. The minimum Gasteiger partial charge on any atom is -0.497 e. The molecule has 12 heteroatoms. The van der Waals surface area contributed by atoms with E-state index in [9.17, 15) is 5.11 Å². The maximum atomic E-state index is 16.2. The number of hydrogen-bond donors (Lipinski definition) is 3. The topological polar surface area (TPSA) is 139 Å². The summed E-state index contributed by atoms with van der Waals surface area (Å²) < 4.78 is 40.1. The summed E-state index contributed by atoms with van der Waals surface area (Å²) in [6, 6.07) is 5.24. The van der Waals surface area contributed by atoms with Crippen LogP contribution in [0.1, 0.15) is 18.7 Å². The predicted molar refractivity (Wildman–Crippen MR) is 118 cm³/mol. The molecular weight excluding hydrogens is 435 g/mol. The molecule has 3 aromatic rings. The number of nitrogens with zero attached hydrogens (tertiary/aromatic N) is 4. The molecule has 1 aliphatic rings. The van der Waals surface area contributed by atoms with Crippen LogP contribution in [0.3, 0.4) is 0 Å². The van der Waals surface area contributed by atoms with E-state index < -0.39 is 30.7 Å². The molecule has 1 saturated heterocycles. The van der Waals surface area contributed by atoms with Gasteiger partial charge in [-0.2, -0.15) is 9.97 Å². The molecule has 3 heterocycles. The van der Waals surface area contributed by atoms with Gasteiger partial charge < -0.3 is 35.1 Å². The molecule has 2 aromatic heterocycles. The van der Waals surface area contributed by atoms with E-state index in [0.717, 1.165) is 0 Å². The van der Waals surface area contributed by atoms with Crippen LogP contribution in [0.5, 0.6) is 11.5 Å². The summed E-state index contributed by atoms with van der Waals surface area (Å²) in [5.74, 6) is 1.59. The van der Waals surface area contributed by atoms with Gasteiger partial charge in [-0.1, -0.05) is 0 Å². The fraction of sp³-hybridized carbons (Fsp3) is 0.476. The number of nitrogen functional groups attached to an aromatic ring is 1. The molecule has 0 unspecified atom stereocenters. The second-order valence-electron chi connectivity index (χ2n) is 7.77. The van der Waals surface area contributed by atoms with E-state index >= 15 is 4.39 Å². The molecule has 0 bridgehead atoms. The first-order valence-electron chi connectivity index (χ1n) is 10.3. The quantitative estimate of drug-likeness (QED) is 0.453. The van der Waals surface area contributed by atoms with Gasteiger partial charge in [-0.05, 0) is 25.1 Å². The summed E-state index contributed by atoms with van der Waals surface area (Å²) in [5, 5.41) is 12.8. The number of ether oxygens (including phenoxy) is 4. The highest BCUT2D eigenvalue weighted by Gasteiger charge is 2.56. The van der Waals surface area contributed by atoms with E-state index in [1.165, 1.54) is 24.9 Å². The first-order valence-corrected chi connectivity index (χ1v) is 10.3. The van der Waals surface area contributed by atoms with E-state index in [1.807, 2.05) is 0 Å². The summed E-state index contributed by atoms with van der Waals surface area (Å²) in [7, 11) is 4.75. The Labute approximate surface area is 189 Å². The number of methoxy groups -OCH3 is 2. The Morgan fingerprint density at radius 2 is 2.09 bits per heavy atom. The third-order valence-electron chi connectivity index (χ3n) is 5.69. The van der Waals surface area contributed by atoms with E-state index in [4.69, 9.17) is 24.7 Å². The molecule has 0 aliphatic carbocycles. The number of aromatic nitrogens is 4. The molecule has 4 N–H and O–H groups in total. The van der Waals surface area contributed by atoms with Gasteiger partial charge in [0.1, 0.15) is 23.7 Å². The third-order valence-corrected chi connectivity index (χ3v) is 5.69. The van der Waals surface area contributed by atoms with E-state index in [0.29, 0.717) is 34.0 Å². The van der Waals surface area contributed by atoms with E-state index in [1.54, 1.807) is 32.4 Å². The Morgan fingerprint density at radius 1 is 1.30 bits per heavy atom. The van der Waals surface area contributed by atoms with Crippen LogP contribution >= 0.6 is 0 Å². The van der Waals surface area contributed by atoms with Gasteiger partial charge in [0.15, 0.2) is 28.9 Å². The first kappa shape index (κ1) is 23.0. The zero-order valence-corrected chi connectivity index (χ0v) is 18.8. The number of fused-ring (bicyclic) bond motifs is 1. The average molecular weight is 462 g/mol. The van der Waals surface area contributed by atoms with Gasteiger partial charge in [0.25, 0.3) is 0 Å². The molecule has 1 aliphatic heterocycles. The number of nitrogens with two attached hydrogens (primary N) is 1. The van der Waals surface area contributed by atoms with Crippen molar-refractivity contribution in [3.8, 4) is 11.5 Å². The van der Waals surface area contributed by atoms with Crippen LogP contribution in [0, 0.1) is 0 Å². The number of imidazole rings is 1. The van der Waals surface area contributed by atoms with Gasteiger partial charge in [-0.3, -0.25) is 4.57 Å². The number of benzene rings is 1. The molecule has 4 atom stereocenters. The zero-order valence-electron chi connectivity index (χ0n) is 18.8. The van der Waals surface area contributed by atoms with Gasteiger partial charge in [0.05, 0.1) is 33.8 Å². The number of rotatable bonds is 8. The monoisotopic (exact) mass is 462 g/mol. The number of aliphatic hydroxyl groups is 1. The lowest BCUT2D eigenvalue weighted by Gasteiger charge is -2.28. The summed E-state index contributed by atoms with van der Waals surface area (Å²) in [5.41, 5.74) is 5.14. The summed E-state index contributed by atoms with van der Waals surface area (Å²) in [6.45, 7) is 0.929. The van der Waals surface area contributed by atoms with Crippen molar-refractivity contribution in [2.75, 3.05) is 38.9 Å². The largest absolute Gasteiger partial charge is 0.497 e. The summed E-state index contributed by atoms with van der Waals surface area (Å²) >= 11 is 0. The molecular formula is C21H27FN6O5. The minimum absolute atomic E-state index is 0.00351. The highest BCUT2D eigenvalue weighted by atomic mass is 19.1.